The van der Waals surface area contributed by atoms with Crippen LogP contribution in [0.25, 0.3) is 11.0 Å². The zero-order valence-electron chi connectivity index (χ0n) is 17.3. The maximum Gasteiger partial charge on any atom is 0.242 e. The number of likely N-dealkylation sites (N-methyl/N-ethyl adjacent to an activating group) is 1. The fourth-order valence-electron chi connectivity index (χ4n) is 3.91. The maximum absolute atomic E-state index is 13.0. The predicted octanol–water partition coefficient (Wildman–Crippen LogP) is 3.14. The van der Waals surface area contributed by atoms with E-state index in [2.05, 4.69) is 5.32 Å². The molecular formula is C22H32N4O2. The van der Waals surface area contributed by atoms with Crippen molar-refractivity contribution in [3.05, 3.63) is 30.1 Å². The van der Waals surface area contributed by atoms with Crippen molar-refractivity contribution < 1.29 is 9.59 Å². The van der Waals surface area contributed by atoms with Gasteiger partial charge in [-0.3, -0.25) is 9.59 Å². The molecule has 6 heteroatoms. The first-order chi connectivity index (χ1) is 13.5. The SMILES string of the molecule is CC(C)C(=O)NCCc1nc2ccccc2n1CC(=O)N(C)C1CCCCC1. The highest BCUT2D eigenvalue weighted by Gasteiger charge is 2.23. The molecule has 28 heavy (non-hydrogen) atoms. The Morgan fingerprint density at radius 3 is 2.64 bits per heavy atom. The monoisotopic (exact) mass is 384 g/mol. The third-order valence-electron chi connectivity index (χ3n) is 5.72. The molecule has 1 saturated carbocycles. The minimum atomic E-state index is -0.0375. The minimum Gasteiger partial charge on any atom is -0.355 e. The number of nitrogens with zero attached hydrogens (tertiary/aromatic N) is 3. The van der Waals surface area contributed by atoms with Crippen molar-refractivity contribution in [1.82, 2.24) is 19.8 Å². The van der Waals surface area contributed by atoms with Gasteiger partial charge in [0.05, 0.1) is 11.0 Å². The van der Waals surface area contributed by atoms with Crippen LogP contribution < -0.4 is 5.32 Å². The Morgan fingerprint density at radius 2 is 1.93 bits per heavy atom. The second kappa shape index (κ2) is 9.22. The highest BCUT2D eigenvalue weighted by atomic mass is 16.2. The summed E-state index contributed by atoms with van der Waals surface area (Å²) in [5.41, 5.74) is 1.86. The molecule has 152 valence electrons. The smallest absolute Gasteiger partial charge is 0.242 e. The topological polar surface area (TPSA) is 67.2 Å². The van der Waals surface area contributed by atoms with Crippen molar-refractivity contribution in [2.75, 3.05) is 13.6 Å². The summed E-state index contributed by atoms with van der Waals surface area (Å²) in [7, 11) is 1.93. The van der Waals surface area contributed by atoms with E-state index < -0.39 is 0 Å². The quantitative estimate of drug-likeness (QED) is 0.797. The van der Waals surface area contributed by atoms with Crippen LogP contribution in [0.1, 0.15) is 51.8 Å². The van der Waals surface area contributed by atoms with Crippen LogP contribution >= 0.6 is 0 Å². The van der Waals surface area contributed by atoms with Gasteiger partial charge in [-0.1, -0.05) is 45.2 Å². The van der Waals surface area contributed by atoms with Crippen molar-refractivity contribution in [3.63, 3.8) is 0 Å². The van der Waals surface area contributed by atoms with Crippen molar-refractivity contribution in [2.24, 2.45) is 5.92 Å². The van der Waals surface area contributed by atoms with E-state index in [1.807, 2.05) is 54.6 Å². The van der Waals surface area contributed by atoms with E-state index in [1.54, 1.807) is 0 Å². The second-order valence-corrected chi connectivity index (χ2v) is 8.10. The maximum atomic E-state index is 13.0. The minimum absolute atomic E-state index is 0.0375. The van der Waals surface area contributed by atoms with Crippen LogP contribution in [0.3, 0.4) is 0 Å². The van der Waals surface area contributed by atoms with Gasteiger partial charge in [0, 0.05) is 32.0 Å². The normalized spacial score (nSPS) is 15.1. The van der Waals surface area contributed by atoms with Crippen LogP contribution in [0.15, 0.2) is 24.3 Å². The van der Waals surface area contributed by atoms with E-state index in [0.717, 1.165) is 29.7 Å². The largest absolute Gasteiger partial charge is 0.355 e. The lowest BCUT2D eigenvalue weighted by Gasteiger charge is -2.31. The molecule has 0 unspecified atom stereocenters. The first kappa shape index (κ1) is 20.4. The number of amides is 2. The number of rotatable bonds is 7. The van der Waals surface area contributed by atoms with Gasteiger partial charge in [0.1, 0.15) is 12.4 Å². The molecular weight excluding hydrogens is 352 g/mol. The highest BCUT2D eigenvalue weighted by molar-refractivity contribution is 5.81. The third-order valence-corrected chi connectivity index (χ3v) is 5.72. The molecule has 1 aliphatic carbocycles. The Hall–Kier alpha value is -2.37. The highest BCUT2D eigenvalue weighted by Crippen LogP contribution is 2.23. The molecule has 1 N–H and O–H groups in total. The molecule has 1 aliphatic rings. The standard InChI is InChI=1S/C22H32N4O2/c1-16(2)22(28)23-14-13-20-24-18-11-7-8-12-19(18)26(20)15-21(27)25(3)17-9-5-4-6-10-17/h7-8,11-12,16-17H,4-6,9-10,13-15H2,1-3H3,(H,23,28). The number of imidazole rings is 1. The van der Waals surface area contributed by atoms with Crippen LogP contribution in [0.5, 0.6) is 0 Å². The van der Waals surface area contributed by atoms with Gasteiger partial charge < -0.3 is 14.8 Å². The van der Waals surface area contributed by atoms with Crippen molar-refractivity contribution >= 4 is 22.8 Å². The molecule has 0 spiro atoms. The van der Waals surface area contributed by atoms with Crippen molar-refractivity contribution in [2.45, 2.75) is 65.0 Å². The van der Waals surface area contributed by atoms with Crippen LogP contribution in [-0.2, 0) is 22.6 Å². The lowest BCUT2D eigenvalue weighted by Crippen LogP contribution is -2.40. The lowest BCUT2D eigenvalue weighted by atomic mass is 9.94. The van der Waals surface area contributed by atoms with E-state index in [9.17, 15) is 9.59 Å². The summed E-state index contributed by atoms with van der Waals surface area (Å²) < 4.78 is 2.01. The molecule has 0 aliphatic heterocycles. The summed E-state index contributed by atoms with van der Waals surface area (Å²) >= 11 is 0. The number of para-hydroxylation sites is 2. The molecule has 2 aromatic rings. The Kier molecular flexibility index (Phi) is 6.70. The number of hydrogen-bond acceptors (Lipinski definition) is 3. The van der Waals surface area contributed by atoms with E-state index in [4.69, 9.17) is 4.98 Å². The Morgan fingerprint density at radius 1 is 1.21 bits per heavy atom. The van der Waals surface area contributed by atoms with Gasteiger partial charge in [-0.15, -0.1) is 0 Å². The zero-order chi connectivity index (χ0) is 20.1. The van der Waals surface area contributed by atoms with Crippen molar-refractivity contribution in [3.8, 4) is 0 Å². The summed E-state index contributed by atoms with van der Waals surface area (Å²) in [6.45, 7) is 4.57. The molecule has 1 aromatic heterocycles. The lowest BCUT2D eigenvalue weighted by molar-refractivity contribution is -0.133. The number of aromatic nitrogens is 2. The summed E-state index contributed by atoms with van der Waals surface area (Å²) in [6.07, 6.45) is 6.49. The molecule has 3 rings (SSSR count). The molecule has 0 radical (unpaired) electrons. The average Bonchev–Trinajstić information content (AvgIpc) is 3.05. The Labute approximate surface area is 167 Å². The molecule has 0 saturated heterocycles. The molecule has 2 amide bonds. The number of carbonyl (C=O) groups is 2. The van der Waals surface area contributed by atoms with Crippen LogP contribution in [-0.4, -0.2) is 45.9 Å². The van der Waals surface area contributed by atoms with Gasteiger partial charge in [0.2, 0.25) is 11.8 Å². The first-order valence-corrected chi connectivity index (χ1v) is 10.4. The average molecular weight is 385 g/mol. The van der Waals surface area contributed by atoms with Crippen LogP contribution in [0.2, 0.25) is 0 Å². The second-order valence-electron chi connectivity index (χ2n) is 8.10. The molecule has 6 nitrogen and oxygen atoms in total. The summed E-state index contributed by atoms with van der Waals surface area (Å²) in [4.78, 5) is 31.5. The van der Waals surface area contributed by atoms with E-state index >= 15 is 0 Å². The molecule has 1 fully saturated rings. The number of carbonyl (C=O) groups excluding carboxylic acids is 2. The van der Waals surface area contributed by atoms with Crippen LogP contribution in [0, 0.1) is 5.92 Å². The van der Waals surface area contributed by atoms with Crippen LogP contribution in [0.4, 0.5) is 0 Å². The number of nitrogens with one attached hydrogen (secondary N) is 1. The summed E-state index contributed by atoms with van der Waals surface area (Å²) in [5, 5.41) is 2.94. The Balaban J connectivity index is 1.74. The summed E-state index contributed by atoms with van der Waals surface area (Å²) in [6, 6.07) is 8.26. The van der Waals surface area contributed by atoms with E-state index in [0.29, 0.717) is 25.6 Å². The van der Waals surface area contributed by atoms with Gasteiger partial charge in [-0.25, -0.2) is 4.98 Å². The number of hydrogen-bond donors (Lipinski definition) is 1. The van der Waals surface area contributed by atoms with Gasteiger partial charge in [0.25, 0.3) is 0 Å². The molecule has 1 aromatic carbocycles. The first-order valence-electron chi connectivity index (χ1n) is 10.4. The zero-order valence-corrected chi connectivity index (χ0v) is 17.3. The van der Waals surface area contributed by atoms with Gasteiger partial charge in [0.15, 0.2) is 0 Å². The van der Waals surface area contributed by atoms with Gasteiger partial charge >= 0.3 is 0 Å². The van der Waals surface area contributed by atoms with Gasteiger partial charge in [-0.05, 0) is 25.0 Å². The Bertz CT molecular complexity index is 821. The summed E-state index contributed by atoms with van der Waals surface area (Å²) in [5.74, 6) is 0.971. The van der Waals surface area contributed by atoms with Gasteiger partial charge in [-0.2, -0.15) is 0 Å². The van der Waals surface area contributed by atoms with Crippen molar-refractivity contribution in [1.29, 1.82) is 0 Å². The van der Waals surface area contributed by atoms with E-state index in [1.165, 1.54) is 19.3 Å². The molecule has 0 bridgehead atoms. The number of fused-ring (bicyclic) bond motifs is 1. The third kappa shape index (κ3) is 4.72. The fraction of sp³-hybridized carbons (Fsp3) is 0.591. The predicted molar refractivity (Wildman–Crippen MR) is 111 cm³/mol. The molecule has 0 atom stereocenters. The fourth-order valence-corrected chi connectivity index (χ4v) is 3.91. The van der Waals surface area contributed by atoms with E-state index in [-0.39, 0.29) is 17.7 Å². The molecule has 1 heterocycles. The number of benzene rings is 1.